The average Bonchev–Trinajstić information content (AvgIpc) is 2.93. The van der Waals surface area contributed by atoms with Crippen molar-refractivity contribution in [1.82, 2.24) is 19.5 Å². The summed E-state index contributed by atoms with van der Waals surface area (Å²) in [6.07, 6.45) is 0.734. The number of aliphatic hydroxyl groups excluding tert-OH is 3. The van der Waals surface area contributed by atoms with Crippen molar-refractivity contribution in [3.8, 4) is 0 Å². The first-order chi connectivity index (χ1) is 9.52. The number of allylic oxidation sites excluding steroid dienone is 1. The molecule has 0 bridgehead atoms. The fourth-order valence-electron chi connectivity index (χ4n) is 2.48. The number of anilines is 1. The zero-order chi connectivity index (χ0) is 14.4. The lowest BCUT2D eigenvalue weighted by molar-refractivity contribution is 0.0781. The van der Waals surface area contributed by atoms with E-state index in [0.717, 1.165) is 0 Å². The SMILES string of the molecule is Cc1nc(N)c2ncn(C3=C(O)[C@@H](O)C(CO)C3)c2n1. The lowest BCUT2D eigenvalue weighted by atomic mass is 10.1. The molecular formula is C12H15N5O3. The molecule has 0 aromatic carbocycles. The number of rotatable bonds is 2. The molecule has 0 fully saturated rings. The largest absolute Gasteiger partial charge is 0.508 e. The molecule has 5 N–H and O–H groups in total. The minimum Gasteiger partial charge on any atom is -0.508 e. The van der Waals surface area contributed by atoms with E-state index in [-0.39, 0.29) is 18.2 Å². The molecule has 2 aromatic rings. The van der Waals surface area contributed by atoms with Crippen LogP contribution in [0.25, 0.3) is 16.9 Å². The summed E-state index contributed by atoms with van der Waals surface area (Å²) in [6, 6.07) is 0. The Bertz CT molecular complexity index is 708. The van der Waals surface area contributed by atoms with Gasteiger partial charge >= 0.3 is 0 Å². The topological polar surface area (TPSA) is 130 Å². The van der Waals surface area contributed by atoms with Crippen LogP contribution in [-0.4, -0.2) is 47.5 Å². The van der Waals surface area contributed by atoms with E-state index in [1.807, 2.05) is 0 Å². The highest BCUT2D eigenvalue weighted by molar-refractivity contribution is 5.84. The molecule has 8 nitrogen and oxygen atoms in total. The smallest absolute Gasteiger partial charge is 0.170 e. The third-order valence-electron chi connectivity index (χ3n) is 3.54. The standard InChI is InChI=1S/C12H15N5O3/c1-5-15-11(13)8-12(16-5)17(4-14-8)7-2-6(3-18)9(19)10(7)20/h4,6,9,18-20H,2-3H2,1H3,(H2,13,15,16)/t6?,9-/m0/s1. The highest BCUT2D eigenvalue weighted by Gasteiger charge is 2.34. The first-order valence-corrected chi connectivity index (χ1v) is 6.21. The number of nitrogens with zero attached hydrogens (tertiary/aromatic N) is 4. The number of nitrogen functional groups attached to an aromatic ring is 1. The Hall–Kier alpha value is -2.19. The van der Waals surface area contributed by atoms with Gasteiger partial charge in [0.15, 0.2) is 17.0 Å². The van der Waals surface area contributed by atoms with Crippen molar-refractivity contribution < 1.29 is 15.3 Å². The van der Waals surface area contributed by atoms with Crippen LogP contribution >= 0.6 is 0 Å². The van der Waals surface area contributed by atoms with Crippen LogP contribution in [0.1, 0.15) is 12.2 Å². The van der Waals surface area contributed by atoms with Crippen LogP contribution in [0.4, 0.5) is 5.82 Å². The predicted octanol–water partition coefficient (Wildman–Crippen LogP) is -0.183. The second-order valence-electron chi connectivity index (χ2n) is 4.87. The number of nitrogens with two attached hydrogens (primary N) is 1. The van der Waals surface area contributed by atoms with Crippen LogP contribution in [0.3, 0.4) is 0 Å². The molecule has 0 saturated heterocycles. The van der Waals surface area contributed by atoms with E-state index in [0.29, 0.717) is 29.1 Å². The Labute approximate surface area is 114 Å². The van der Waals surface area contributed by atoms with Gasteiger partial charge in [0.05, 0.1) is 5.70 Å². The van der Waals surface area contributed by atoms with Crippen LogP contribution in [-0.2, 0) is 0 Å². The van der Waals surface area contributed by atoms with Crippen molar-refractivity contribution in [2.45, 2.75) is 19.4 Å². The molecule has 0 amide bonds. The normalized spacial score (nSPS) is 22.9. The molecule has 0 radical (unpaired) electrons. The van der Waals surface area contributed by atoms with Gasteiger partial charge in [0, 0.05) is 12.5 Å². The summed E-state index contributed by atoms with van der Waals surface area (Å²) >= 11 is 0. The van der Waals surface area contributed by atoms with Crippen LogP contribution in [0.2, 0.25) is 0 Å². The summed E-state index contributed by atoms with van der Waals surface area (Å²) < 4.78 is 1.58. The van der Waals surface area contributed by atoms with E-state index in [2.05, 4.69) is 15.0 Å². The Morgan fingerprint density at radius 3 is 2.85 bits per heavy atom. The van der Waals surface area contributed by atoms with Crippen molar-refractivity contribution in [2.24, 2.45) is 5.92 Å². The number of imidazole rings is 1. The van der Waals surface area contributed by atoms with Gasteiger partial charge in [-0.05, 0) is 13.3 Å². The van der Waals surface area contributed by atoms with Gasteiger partial charge in [-0.15, -0.1) is 0 Å². The molecule has 0 saturated carbocycles. The highest BCUT2D eigenvalue weighted by atomic mass is 16.3. The van der Waals surface area contributed by atoms with Crippen LogP contribution in [0.5, 0.6) is 0 Å². The van der Waals surface area contributed by atoms with Crippen molar-refractivity contribution in [1.29, 1.82) is 0 Å². The number of aryl methyl sites for hydroxylation is 1. The van der Waals surface area contributed by atoms with Crippen molar-refractivity contribution in [2.75, 3.05) is 12.3 Å². The Balaban J connectivity index is 2.16. The molecule has 1 aliphatic carbocycles. The van der Waals surface area contributed by atoms with Gasteiger partial charge in [0.25, 0.3) is 0 Å². The predicted molar refractivity (Wildman–Crippen MR) is 71.5 cm³/mol. The molecule has 2 aromatic heterocycles. The number of fused-ring (bicyclic) bond motifs is 1. The number of aliphatic hydroxyl groups is 3. The fraction of sp³-hybridized carbons (Fsp3) is 0.417. The van der Waals surface area contributed by atoms with Crippen molar-refractivity contribution >= 4 is 22.7 Å². The van der Waals surface area contributed by atoms with E-state index >= 15 is 0 Å². The maximum Gasteiger partial charge on any atom is 0.170 e. The molecule has 20 heavy (non-hydrogen) atoms. The third kappa shape index (κ3) is 1.73. The highest BCUT2D eigenvalue weighted by Crippen LogP contribution is 2.35. The van der Waals surface area contributed by atoms with E-state index in [1.165, 1.54) is 6.33 Å². The first kappa shape index (κ1) is 12.8. The van der Waals surface area contributed by atoms with E-state index in [9.17, 15) is 15.3 Å². The second kappa shape index (κ2) is 4.43. The maximum absolute atomic E-state index is 10.0. The van der Waals surface area contributed by atoms with Gasteiger partial charge in [0.1, 0.15) is 24.0 Å². The van der Waals surface area contributed by atoms with E-state index in [1.54, 1.807) is 11.5 Å². The maximum atomic E-state index is 10.0. The van der Waals surface area contributed by atoms with Gasteiger partial charge in [-0.2, -0.15) is 0 Å². The Morgan fingerprint density at radius 1 is 1.45 bits per heavy atom. The summed E-state index contributed by atoms with van der Waals surface area (Å²) in [6.45, 7) is 1.50. The van der Waals surface area contributed by atoms with Crippen LogP contribution in [0.15, 0.2) is 12.1 Å². The average molecular weight is 277 g/mol. The quantitative estimate of drug-likeness (QED) is 0.598. The van der Waals surface area contributed by atoms with Gasteiger partial charge in [-0.25, -0.2) is 15.0 Å². The molecule has 2 atom stereocenters. The zero-order valence-electron chi connectivity index (χ0n) is 10.9. The van der Waals surface area contributed by atoms with Gasteiger partial charge in [-0.3, -0.25) is 4.57 Å². The lowest BCUT2D eigenvalue weighted by Crippen LogP contribution is -2.20. The Kier molecular flexibility index (Phi) is 2.84. The van der Waals surface area contributed by atoms with E-state index in [4.69, 9.17) is 5.73 Å². The molecule has 0 spiro atoms. The summed E-state index contributed by atoms with van der Waals surface area (Å²) in [5.74, 6) is 0.165. The molecule has 8 heteroatoms. The monoisotopic (exact) mass is 277 g/mol. The first-order valence-electron chi connectivity index (χ1n) is 6.21. The molecule has 2 heterocycles. The van der Waals surface area contributed by atoms with Crippen LogP contribution in [0, 0.1) is 12.8 Å². The molecule has 3 rings (SSSR count). The summed E-state index contributed by atoms with van der Waals surface area (Å²) in [4.78, 5) is 12.4. The van der Waals surface area contributed by atoms with E-state index < -0.39 is 12.0 Å². The van der Waals surface area contributed by atoms with Crippen molar-refractivity contribution in [3.05, 3.63) is 17.9 Å². The molecule has 1 aliphatic rings. The van der Waals surface area contributed by atoms with Gasteiger partial charge in [-0.1, -0.05) is 0 Å². The summed E-state index contributed by atoms with van der Waals surface area (Å²) in [5.41, 5.74) is 7.18. The second-order valence-corrected chi connectivity index (χ2v) is 4.87. The van der Waals surface area contributed by atoms with Crippen LogP contribution < -0.4 is 5.73 Å². The minimum atomic E-state index is -1.08. The number of aromatic nitrogens is 4. The number of hydrogen-bond acceptors (Lipinski definition) is 7. The van der Waals surface area contributed by atoms with Gasteiger partial charge in [0.2, 0.25) is 0 Å². The van der Waals surface area contributed by atoms with Crippen molar-refractivity contribution in [3.63, 3.8) is 0 Å². The van der Waals surface area contributed by atoms with Gasteiger partial charge < -0.3 is 21.1 Å². The third-order valence-corrected chi connectivity index (χ3v) is 3.54. The zero-order valence-corrected chi connectivity index (χ0v) is 10.9. The Morgan fingerprint density at radius 2 is 2.20 bits per heavy atom. The molecule has 1 unspecified atom stereocenters. The number of hydrogen-bond donors (Lipinski definition) is 4. The summed E-state index contributed by atoms with van der Waals surface area (Å²) in [5, 5.41) is 29.1. The lowest BCUT2D eigenvalue weighted by Gasteiger charge is -2.10. The molecule has 0 aliphatic heterocycles. The fourth-order valence-corrected chi connectivity index (χ4v) is 2.48. The summed E-state index contributed by atoms with van der Waals surface area (Å²) in [7, 11) is 0. The minimum absolute atomic E-state index is 0.168. The molecular weight excluding hydrogens is 262 g/mol. The molecule has 106 valence electrons.